The number of aromatic nitrogens is 4. The maximum atomic E-state index is 11.9. The lowest BCUT2D eigenvalue weighted by molar-refractivity contribution is 0.122. The highest BCUT2D eigenvalue weighted by Crippen LogP contribution is 2.15. The summed E-state index contributed by atoms with van der Waals surface area (Å²) in [7, 11) is -3.56. The molecule has 1 saturated heterocycles. The van der Waals surface area contributed by atoms with Gasteiger partial charge in [0, 0.05) is 32.2 Å². The minimum atomic E-state index is -3.56. The molecule has 10 nitrogen and oxygen atoms in total. The summed E-state index contributed by atoms with van der Waals surface area (Å²) in [5, 5.41) is 3.12. The number of imidazole rings is 1. The molecule has 130 valence electrons. The second kappa shape index (κ2) is 7.55. The summed E-state index contributed by atoms with van der Waals surface area (Å²) >= 11 is 0. The van der Waals surface area contributed by atoms with Crippen molar-refractivity contribution in [2.75, 3.05) is 49.6 Å². The smallest absolute Gasteiger partial charge is 0.257 e. The molecule has 11 heteroatoms. The van der Waals surface area contributed by atoms with E-state index in [4.69, 9.17) is 4.74 Å². The Kier molecular flexibility index (Phi) is 5.23. The van der Waals surface area contributed by atoms with Gasteiger partial charge in [0.15, 0.2) is 5.03 Å². The zero-order chi connectivity index (χ0) is 16.8. The Labute approximate surface area is 139 Å². The van der Waals surface area contributed by atoms with Gasteiger partial charge in [-0.25, -0.2) is 28.1 Å². The van der Waals surface area contributed by atoms with Crippen LogP contribution >= 0.6 is 0 Å². The molecule has 0 aliphatic carbocycles. The maximum Gasteiger partial charge on any atom is 0.257 e. The Morgan fingerprint density at radius 2 is 2.08 bits per heavy atom. The number of sulfonamides is 1. The van der Waals surface area contributed by atoms with Crippen LogP contribution in [0.1, 0.15) is 0 Å². The van der Waals surface area contributed by atoms with Gasteiger partial charge >= 0.3 is 0 Å². The molecule has 0 saturated carbocycles. The summed E-state index contributed by atoms with van der Waals surface area (Å²) in [6.07, 6.45) is 4.07. The minimum Gasteiger partial charge on any atom is -0.378 e. The van der Waals surface area contributed by atoms with Crippen LogP contribution in [-0.4, -0.2) is 67.7 Å². The fourth-order valence-corrected chi connectivity index (χ4v) is 3.19. The highest BCUT2D eigenvalue weighted by Gasteiger charge is 2.15. The highest BCUT2D eigenvalue weighted by molar-refractivity contribution is 7.89. The Morgan fingerprint density at radius 3 is 2.83 bits per heavy atom. The van der Waals surface area contributed by atoms with Gasteiger partial charge < -0.3 is 19.9 Å². The van der Waals surface area contributed by atoms with Crippen LogP contribution in [-0.2, 0) is 14.8 Å². The number of nitrogens with zero attached hydrogens (tertiary/aromatic N) is 4. The predicted octanol–water partition coefficient (Wildman–Crippen LogP) is -0.573. The first kappa shape index (κ1) is 16.6. The van der Waals surface area contributed by atoms with E-state index in [0.717, 1.165) is 18.9 Å². The van der Waals surface area contributed by atoms with Gasteiger partial charge in [0.2, 0.25) is 0 Å². The van der Waals surface area contributed by atoms with Gasteiger partial charge in [-0.05, 0) is 0 Å². The van der Waals surface area contributed by atoms with Crippen LogP contribution in [0.5, 0.6) is 0 Å². The molecule has 0 atom stereocenters. The number of nitrogens with one attached hydrogen (secondary N) is 3. The van der Waals surface area contributed by atoms with Crippen molar-refractivity contribution in [3.8, 4) is 0 Å². The summed E-state index contributed by atoms with van der Waals surface area (Å²) in [5.74, 6) is 1.47. The van der Waals surface area contributed by atoms with Gasteiger partial charge in [-0.2, -0.15) is 0 Å². The highest BCUT2D eigenvalue weighted by atomic mass is 32.2. The Bertz CT molecular complexity index is 745. The normalized spacial score (nSPS) is 15.4. The monoisotopic (exact) mass is 353 g/mol. The van der Waals surface area contributed by atoms with Crippen molar-refractivity contribution >= 4 is 21.7 Å². The first-order valence-corrected chi connectivity index (χ1v) is 9.00. The summed E-state index contributed by atoms with van der Waals surface area (Å²) in [6, 6.07) is 1.84. The first-order valence-electron chi connectivity index (χ1n) is 7.52. The maximum absolute atomic E-state index is 11.9. The third-order valence-electron chi connectivity index (χ3n) is 3.47. The van der Waals surface area contributed by atoms with E-state index in [1.54, 1.807) is 0 Å². The zero-order valence-electron chi connectivity index (χ0n) is 13.0. The van der Waals surface area contributed by atoms with Gasteiger partial charge in [-0.15, -0.1) is 0 Å². The molecule has 1 fully saturated rings. The van der Waals surface area contributed by atoms with Crippen LogP contribution in [0, 0.1) is 0 Å². The second-order valence-electron chi connectivity index (χ2n) is 5.10. The lowest BCUT2D eigenvalue weighted by Gasteiger charge is -2.27. The van der Waals surface area contributed by atoms with Crippen LogP contribution in [0.4, 0.5) is 11.6 Å². The third-order valence-corrected chi connectivity index (χ3v) is 4.86. The van der Waals surface area contributed by atoms with Crippen molar-refractivity contribution < 1.29 is 13.2 Å². The standard InChI is InChI=1S/C13H19N7O3S/c21-24(22,13-8-14-9-18-13)19-2-1-15-11-7-12(17-10-16-11)20-3-5-23-6-4-20/h7-10,19H,1-6H2,(H,14,18)(H,15,16,17). The van der Waals surface area contributed by atoms with Crippen molar-refractivity contribution in [3.05, 3.63) is 24.9 Å². The number of aromatic amines is 1. The molecule has 1 aliphatic rings. The topological polar surface area (TPSA) is 125 Å². The summed E-state index contributed by atoms with van der Waals surface area (Å²) in [5.41, 5.74) is 0. The number of hydrogen-bond donors (Lipinski definition) is 3. The molecule has 0 unspecified atom stereocenters. The molecule has 2 aromatic rings. The summed E-state index contributed by atoms with van der Waals surface area (Å²) in [4.78, 5) is 16.8. The van der Waals surface area contributed by atoms with Crippen molar-refractivity contribution in [1.82, 2.24) is 24.7 Å². The number of H-pyrrole nitrogens is 1. The Balaban J connectivity index is 1.50. The molecule has 3 heterocycles. The number of morpholine rings is 1. The molecule has 0 bridgehead atoms. The van der Waals surface area contributed by atoms with Crippen LogP contribution in [0.25, 0.3) is 0 Å². The number of ether oxygens (including phenoxy) is 1. The molecule has 24 heavy (non-hydrogen) atoms. The fraction of sp³-hybridized carbons (Fsp3) is 0.462. The molecule has 1 aliphatic heterocycles. The van der Waals surface area contributed by atoms with Crippen molar-refractivity contribution in [3.63, 3.8) is 0 Å². The average molecular weight is 353 g/mol. The molecule has 0 radical (unpaired) electrons. The van der Waals surface area contributed by atoms with Gasteiger partial charge in [0.05, 0.1) is 25.7 Å². The Morgan fingerprint density at radius 1 is 1.25 bits per heavy atom. The summed E-state index contributed by atoms with van der Waals surface area (Å²) in [6.45, 7) is 3.57. The third kappa shape index (κ3) is 4.19. The number of hydrogen-bond acceptors (Lipinski definition) is 8. The van der Waals surface area contributed by atoms with E-state index >= 15 is 0 Å². The zero-order valence-corrected chi connectivity index (χ0v) is 13.8. The van der Waals surface area contributed by atoms with Crippen LogP contribution in [0.3, 0.4) is 0 Å². The molecular formula is C13H19N7O3S. The lowest BCUT2D eigenvalue weighted by Crippen LogP contribution is -2.36. The molecule has 3 N–H and O–H groups in total. The Hall–Kier alpha value is -2.24. The SMILES string of the molecule is O=S(=O)(NCCNc1cc(N2CCOCC2)ncn1)c1cnc[nH]1. The number of rotatable bonds is 7. The van der Waals surface area contributed by atoms with Crippen LogP contribution in [0.2, 0.25) is 0 Å². The van der Waals surface area contributed by atoms with Crippen molar-refractivity contribution in [2.45, 2.75) is 5.03 Å². The van der Waals surface area contributed by atoms with E-state index in [-0.39, 0.29) is 11.6 Å². The average Bonchev–Trinajstić information content (AvgIpc) is 3.16. The van der Waals surface area contributed by atoms with Crippen molar-refractivity contribution in [1.29, 1.82) is 0 Å². The second-order valence-corrected chi connectivity index (χ2v) is 6.84. The van der Waals surface area contributed by atoms with Crippen molar-refractivity contribution in [2.24, 2.45) is 0 Å². The van der Waals surface area contributed by atoms with Gasteiger partial charge in [-0.3, -0.25) is 0 Å². The van der Waals surface area contributed by atoms with E-state index in [1.165, 1.54) is 18.9 Å². The van der Waals surface area contributed by atoms with E-state index in [9.17, 15) is 8.42 Å². The molecule has 0 aromatic carbocycles. The number of anilines is 2. The van der Waals surface area contributed by atoms with Crippen LogP contribution < -0.4 is 14.9 Å². The summed E-state index contributed by atoms with van der Waals surface area (Å²) < 4.78 is 31.6. The molecular weight excluding hydrogens is 334 g/mol. The van der Waals surface area contributed by atoms with Gasteiger partial charge in [0.1, 0.15) is 18.0 Å². The van der Waals surface area contributed by atoms with Gasteiger partial charge in [-0.1, -0.05) is 0 Å². The van der Waals surface area contributed by atoms with E-state index in [0.29, 0.717) is 25.6 Å². The molecule has 2 aromatic heterocycles. The molecule has 3 rings (SSSR count). The largest absolute Gasteiger partial charge is 0.378 e. The van der Waals surface area contributed by atoms with E-state index in [1.807, 2.05) is 6.07 Å². The lowest BCUT2D eigenvalue weighted by atomic mass is 10.4. The predicted molar refractivity (Wildman–Crippen MR) is 87.3 cm³/mol. The molecule has 0 amide bonds. The van der Waals surface area contributed by atoms with Crippen LogP contribution in [0.15, 0.2) is 29.9 Å². The fourth-order valence-electron chi connectivity index (χ4n) is 2.25. The quantitative estimate of drug-likeness (QED) is 0.565. The van der Waals surface area contributed by atoms with E-state index < -0.39 is 10.0 Å². The van der Waals surface area contributed by atoms with E-state index in [2.05, 4.69) is 34.9 Å². The minimum absolute atomic E-state index is 0.0409. The molecule has 0 spiro atoms. The first-order chi connectivity index (χ1) is 11.6. The van der Waals surface area contributed by atoms with Gasteiger partial charge in [0.25, 0.3) is 10.0 Å².